The second-order valence-corrected chi connectivity index (χ2v) is 9.58. The average molecular weight is 525 g/mol. The van der Waals surface area contributed by atoms with Gasteiger partial charge < -0.3 is 24.4 Å². The number of phosphoric ester groups is 1. The Hall–Kier alpha value is -2.66. The molecule has 1 aromatic carbocycles. The number of hydrogen-bond donors (Lipinski definition) is 3. The highest BCUT2D eigenvalue weighted by atomic mass is 35.5. The molecular weight excluding hydrogens is 502 g/mol. The lowest BCUT2D eigenvalue weighted by Gasteiger charge is -2.23. The first-order valence-corrected chi connectivity index (χ1v) is 12.7. The molecule has 0 spiro atoms. The zero-order valence-electron chi connectivity index (χ0n) is 18.4. The van der Waals surface area contributed by atoms with Crippen LogP contribution in [0.15, 0.2) is 53.6 Å². The predicted octanol–water partition coefficient (Wildman–Crippen LogP) is 3.39. The molecule has 1 fully saturated rings. The highest BCUT2D eigenvalue weighted by Gasteiger charge is 2.23. The minimum absolute atomic E-state index is 0.125. The van der Waals surface area contributed by atoms with E-state index in [9.17, 15) is 13.8 Å². The summed E-state index contributed by atoms with van der Waals surface area (Å²) in [6, 6.07) is 7.64. The lowest BCUT2D eigenvalue weighted by Crippen LogP contribution is -2.28. The van der Waals surface area contributed by atoms with Crippen molar-refractivity contribution in [2.24, 2.45) is 0 Å². The van der Waals surface area contributed by atoms with E-state index in [2.05, 4.69) is 19.8 Å². The maximum atomic E-state index is 14.1. The summed E-state index contributed by atoms with van der Waals surface area (Å²) in [6.07, 6.45) is 4.70. The summed E-state index contributed by atoms with van der Waals surface area (Å²) in [5.41, 5.74) is 0.773. The average Bonchev–Trinajstić information content (AvgIpc) is 2.82. The van der Waals surface area contributed by atoms with Gasteiger partial charge in [0.1, 0.15) is 5.82 Å². The summed E-state index contributed by atoms with van der Waals surface area (Å²) >= 11 is 5.75. The Morgan fingerprint density at radius 2 is 2.03 bits per heavy atom. The van der Waals surface area contributed by atoms with Gasteiger partial charge in [0.25, 0.3) is 5.56 Å². The highest BCUT2D eigenvalue weighted by molar-refractivity contribution is 7.46. The molecule has 3 aromatic rings. The zero-order valence-corrected chi connectivity index (χ0v) is 20.0. The zero-order chi connectivity index (χ0) is 25.0. The van der Waals surface area contributed by atoms with Gasteiger partial charge in [0, 0.05) is 43.3 Å². The Morgan fingerprint density at radius 3 is 2.71 bits per heavy atom. The summed E-state index contributed by atoms with van der Waals surface area (Å²) < 4.78 is 36.6. The number of pyridine rings is 1. The van der Waals surface area contributed by atoms with Crippen LogP contribution in [0.4, 0.5) is 10.3 Å². The molecule has 186 valence electrons. The number of aromatic nitrogens is 3. The molecule has 0 radical (unpaired) electrons. The summed E-state index contributed by atoms with van der Waals surface area (Å²) in [6.45, 7) is 0.761. The van der Waals surface area contributed by atoms with Crippen LogP contribution in [-0.4, -0.2) is 50.2 Å². The van der Waals surface area contributed by atoms with Crippen LogP contribution in [-0.2, 0) is 13.8 Å². The van der Waals surface area contributed by atoms with Crippen molar-refractivity contribution in [3.05, 3.63) is 75.5 Å². The number of nitrogens with zero attached hydrogens (tertiary/aromatic N) is 3. The number of halogens is 2. The quantitative estimate of drug-likeness (QED) is 0.379. The largest absolute Gasteiger partial charge is 0.469 e. The number of nitrogens with one attached hydrogen (secondary N) is 1. The molecule has 13 heteroatoms. The molecule has 4 rings (SSSR count). The van der Waals surface area contributed by atoms with Crippen molar-refractivity contribution in [2.75, 3.05) is 25.1 Å². The van der Waals surface area contributed by atoms with Crippen molar-refractivity contribution in [1.29, 1.82) is 0 Å². The summed E-state index contributed by atoms with van der Waals surface area (Å²) in [5.74, 6) is -0.302. The van der Waals surface area contributed by atoms with Gasteiger partial charge in [-0.05, 0) is 42.7 Å². The highest BCUT2D eigenvalue weighted by Crippen LogP contribution is 2.38. The SMILES string of the molecule is O=c1cc(-c2ccnc(NC3CCOCC3)n2)ccn1C(COP(=O)(O)O)c1ccc(Cl)c(F)c1. The minimum atomic E-state index is -4.84. The van der Waals surface area contributed by atoms with Gasteiger partial charge in [0.2, 0.25) is 5.95 Å². The third kappa shape index (κ3) is 6.72. The lowest BCUT2D eigenvalue weighted by molar-refractivity contribution is 0.0903. The first kappa shape index (κ1) is 25.4. The van der Waals surface area contributed by atoms with Crippen LogP contribution in [0.1, 0.15) is 24.4 Å². The van der Waals surface area contributed by atoms with Crippen LogP contribution >= 0.6 is 19.4 Å². The molecule has 3 heterocycles. The molecule has 0 saturated carbocycles. The predicted molar refractivity (Wildman–Crippen MR) is 127 cm³/mol. The Morgan fingerprint density at radius 1 is 1.26 bits per heavy atom. The molecule has 1 aliphatic rings. The van der Waals surface area contributed by atoms with Gasteiger partial charge in [-0.1, -0.05) is 17.7 Å². The van der Waals surface area contributed by atoms with E-state index < -0.39 is 31.8 Å². The summed E-state index contributed by atoms with van der Waals surface area (Å²) in [4.78, 5) is 40.1. The van der Waals surface area contributed by atoms with E-state index in [1.54, 1.807) is 18.3 Å². The minimum Gasteiger partial charge on any atom is -0.381 e. The smallest absolute Gasteiger partial charge is 0.381 e. The lowest BCUT2D eigenvalue weighted by atomic mass is 10.1. The molecule has 1 atom stereocenters. The molecule has 10 nitrogen and oxygen atoms in total. The maximum Gasteiger partial charge on any atom is 0.469 e. The fourth-order valence-electron chi connectivity index (χ4n) is 3.74. The fraction of sp³-hybridized carbons (Fsp3) is 0.318. The maximum absolute atomic E-state index is 14.1. The van der Waals surface area contributed by atoms with Gasteiger partial charge in [-0.2, -0.15) is 0 Å². The van der Waals surface area contributed by atoms with Crippen molar-refractivity contribution >= 4 is 25.4 Å². The first-order chi connectivity index (χ1) is 16.7. The molecule has 2 aromatic heterocycles. The molecular formula is C22H23ClFN4O6P. The molecule has 0 amide bonds. The van der Waals surface area contributed by atoms with Crippen molar-refractivity contribution in [3.8, 4) is 11.3 Å². The van der Waals surface area contributed by atoms with Gasteiger partial charge in [0.15, 0.2) is 0 Å². The van der Waals surface area contributed by atoms with Crippen LogP contribution in [0.3, 0.4) is 0 Å². The molecule has 1 unspecified atom stereocenters. The third-order valence-electron chi connectivity index (χ3n) is 5.52. The Bertz CT molecular complexity index is 1300. The summed E-state index contributed by atoms with van der Waals surface area (Å²) in [7, 11) is -4.84. The molecule has 35 heavy (non-hydrogen) atoms. The second kappa shape index (κ2) is 10.9. The van der Waals surface area contributed by atoms with Gasteiger partial charge in [-0.3, -0.25) is 9.32 Å². The molecule has 0 aliphatic carbocycles. The van der Waals surface area contributed by atoms with Gasteiger partial charge in [-0.15, -0.1) is 0 Å². The monoisotopic (exact) mass is 524 g/mol. The fourth-order valence-corrected chi connectivity index (χ4v) is 4.20. The third-order valence-corrected chi connectivity index (χ3v) is 6.31. The number of hydrogen-bond acceptors (Lipinski definition) is 7. The molecule has 1 saturated heterocycles. The van der Waals surface area contributed by atoms with Gasteiger partial charge in [0.05, 0.1) is 23.4 Å². The van der Waals surface area contributed by atoms with Crippen LogP contribution < -0.4 is 10.9 Å². The van der Waals surface area contributed by atoms with E-state index in [0.29, 0.717) is 30.4 Å². The van der Waals surface area contributed by atoms with E-state index in [1.165, 1.54) is 29.0 Å². The number of rotatable bonds is 8. The van der Waals surface area contributed by atoms with Crippen LogP contribution in [0.25, 0.3) is 11.3 Å². The van der Waals surface area contributed by atoms with Crippen LogP contribution in [0.2, 0.25) is 5.02 Å². The summed E-state index contributed by atoms with van der Waals surface area (Å²) in [5, 5.41) is 3.15. The van der Waals surface area contributed by atoms with Crippen molar-refractivity contribution in [1.82, 2.24) is 14.5 Å². The molecule has 0 bridgehead atoms. The standard InChI is InChI=1S/C22H23ClFN4O6P/c23-17-2-1-15(11-18(17)24)20(13-34-35(30,31)32)28-8-4-14(12-21(28)29)19-3-7-25-22(27-19)26-16-5-9-33-10-6-16/h1-4,7-8,11-12,16,20H,5-6,9-10,13H2,(H,25,26,27)(H2,30,31,32). The van der Waals surface area contributed by atoms with E-state index in [1.807, 2.05) is 0 Å². The van der Waals surface area contributed by atoms with Gasteiger partial charge in [-0.25, -0.2) is 18.9 Å². The van der Waals surface area contributed by atoms with E-state index in [-0.39, 0.29) is 16.6 Å². The number of ether oxygens (including phenoxy) is 1. The Kier molecular flexibility index (Phi) is 7.95. The van der Waals surface area contributed by atoms with E-state index in [4.69, 9.17) is 26.1 Å². The first-order valence-electron chi connectivity index (χ1n) is 10.7. The topological polar surface area (TPSA) is 136 Å². The Balaban J connectivity index is 1.62. The van der Waals surface area contributed by atoms with E-state index in [0.717, 1.165) is 18.9 Å². The van der Waals surface area contributed by atoms with Crippen LogP contribution in [0.5, 0.6) is 0 Å². The number of phosphoric acid groups is 1. The van der Waals surface area contributed by atoms with Crippen molar-refractivity contribution < 1.29 is 28.0 Å². The van der Waals surface area contributed by atoms with E-state index >= 15 is 0 Å². The Labute approximate surface area is 205 Å². The van der Waals surface area contributed by atoms with Crippen LogP contribution in [0, 0.1) is 5.82 Å². The normalized spacial score (nSPS) is 15.7. The number of benzene rings is 1. The second-order valence-electron chi connectivity index (χ2n) is 7.93. The van der Waals surface area contributed by atoms with Gasteiger partial charge >= 0.3 is 7.82 Å². The molecule has 3 N–H and O–H groups in total. The van der Waals surface area contributed by atoms with Crippen molar-refractivity contribution in [2.45, 2.75) is 24.9 Å². The number of anilines is 1. The van der Waals surface area contributed by atoms with Crippen molar-refractivity contribution in [3.63, 3.8) is 0 Å². The molecule has 1 aliphatic heterocycles.